The van der Waals surface area contributed by atoms with E-state index < -0.39 is 0 Å². The van der Waals surface area contributed by atoms with Crippen molar-refractivity contribution in [3.05, 3.63) is 86.6 Å². The fourth-order valence-electron chi connectivity index (χ4n) is 0.684. The molecule has 0 aliphatic carbocycles. The molecule has 2 aromatic rings. The van der Waals surface area contributed by atoms with Crippen molar-refractivity contribution in [2.75, 3.05) is 0 Å². The van der Waals surface area contributed by atoms with E-state index in [4.69, 9.17) is 0 Å². The van der Waals surface area contributed by atoms with Gasteiger partial charge < -0.3 is 49.6 Å². The molecule has 0 aliphatic rings. The van der Waals surface area contributed by atoms with Gasteiger partial charge in [0.2, 0.25) is 0 Å². The van der Waals surface area contributed by atoms with Crippen LogP contribution in [0.1, 0.15) is 6.42 Å². The van der Waals surface area contributed by atoms with Crippen molar-refractivity contribution in [3.63, 3.8) is 0 Å². The summed E-state index contributed by atoms with van der Waals surface area (Å²) in [6, 6.07) is 25.0. The molecule has 0 bridgehead atoms. The van der Waals surface area contributed by atoms with Gasteiger partial charge in [0.25, 0.3) is 0 Å². The minimum atomic E-state index is 0. The van der Waals surface area contributed by atoms with Crippen LogP contribution in [-0.4, -0.2) is 47.8 Å². The van der Waals surface area contributed by atoms with Gasteiger partial charge in [0.1, 0.15) is 0 Å². The molecule has 112 valence electrons. The number of rotatable bonds is 0. The fourth-order valence-corrected chi connectivity index (χ4v) is 0.684. The van der Waals surface area contributed by atoms with Crippen molar-refractivity contribution < 1.29 is 49.6 Å². The Hall–Kier alpha value is 1.07. The Morgan fingerprint density at radius 1 is 0.619 bits per heavy atom. The van der Waals surface area contributed by atoms with Crippen LogP contribution in [0.3, 0.4) is 0 Å². The normalized spacial score (nSPS) is 5.38. The Labute approximate surface area is 188 Å². The molecule has 0 N–H and O–H groups in total. The molecule has 0 nitrogen and oxygen atoms in total. The largest absolute Gasteiger partial charge is 2.00 e. The zero-order chi connectivity index (χ0) is 11.2. The first-order chi connectivity index (χ1) is 7.41. The van der Waals surface area contributed by atoms with E-state index in [2.05, 4.69) is 26.0 Å². The summed E-state index contributed by atoms with van der Waals surface area (Å²) in [5.41, 5.74) is 0. The molecule has 0 spiro atoms. The average molecular weight is 576 g/mol. The third-order valence-corrected chi connectivity index (χ3v) is 1.21. The molecule has 0 saturated heterocycles. The number of hydrogen-bond donors (Lipinski definition) is 0. The summed E-state index contributed by atoms with van der Waals surface area (Å²) in [5.74, 6) is 0. The third-order valence-electron chi connectivity index (χ3n) is 1.21. The van der Waals surface area contributed by atoms with Crippen molar-refractivity contribution in [2.45, 2.75) is 6.42 Å². The Kier molecular flexibility index (Phi) is 88.1. The molecule has 0 aromatic heterocycles. The summed E-state index contributed by atoms with van der Waals surface area (Å²) in [4.78, 5) is 0. The van der Waals surface area contributed by atoms with Crippen LogP contribution in [0.15, 0.2) is 60.7 Å². The van der Waals surface area contributed by atoms with Crippen LogP contribution in [-0.2, 0) is 0 Å². The molecule has 0 atom stereocenters. The van der Waals surface area contributed by atoms with Gasteiger partial charge in [-0.25, -0.2) is 0 Å². The van der Waals surface area contributed by atoms with Crippen LogP contribution in [0, 0.1) is 26.0 Å². The van der Waals surface area contributed by atoms with Crippen LogP contribution < -0.4 is 49.6 Å². The quantitative estimate of drug-likeness (QED) is 0.217. The predicted molar refractivity (Wildman–Crippen MR) is 77.4 cm³/mol. The van der Waals surface area contributed by atoms with Crippen molar-refractivity contribution in [1.82, 2.24) is 0 Å². The summed E-state index contributed by atoms with van der Waals surface area (Å²) in [7, 11) is 0. The molecule has 21 heavy (non-hydrogen) atoms. The molecule has 6 heteroatoms. The van der Waals surface area contributed by atoms with Crippen molar-refractivity contribution >= 4 is 47.8 Å². The van der Waals surface area contributed by atoms with Gasteiger partial charge in [0, 0.05) is 6.92 Å². The maximum Gasteiger partial charge on any atom is 2.00 e. The van der Waals surface area contributed by atoms with Gasteiger partial charge in [-0.2, -0.15) is 0 Å². The second-order valence-electron chi connectivity index (χ2n) is 2.51. The van der Waals surface area contributed by atoms with E-state index >= 15 is 0 Å². The smallest absolute Gasteiger partial charge is 1.00 e. The summed E-state index contributed by atoms with van der Waals surface area (Å²) in [5, 5.41) is 0. The molecule has 0 aliphatic heterocycles. The van der Waals surface area contributed by atoms with Crippen LogP contribution >= 0.6 is 0 Å². The van der Waals surface area contributed by atoms with Gasteiger partial charge in [0.05, 0.1) is 0 Å². The summed E-state index contributed by atoms with van der Waals surface area (Å²) in [6.07, 6.45) is 0.750. The molecular weight excluding hydrogens is 559 g/mol. The summed E-state index contributed by atoms with van der Waals surface area (Å²) < 4.78 is 0. The second kappa shape index (κ2) is 42.9. The zero-order valence-corrected chi connectivity index (χ0v) is 20.1. The number of hydrogen-bond acceptors (Lipinski definition) is 0. The first-order valence-corrected chi connectivity index (χ1v) is 4.82. The molecule has 2 rings (SSSR count). The zero-order valence-electron chi connectivity index (χ0n) is 11.4. The van der Waals surface area contributed by atoms with Crippen molar-refractivity contribution in [3.8, 4) is 0 Å². The van der Waals surface area contributed by atoms with E-state index in [-0.39, 0.29) is 97.4 Å². The van der Waals surface area contributed by atoms with Crippen molar-refractivity contribution in [2.24, 2.45) is 0 Å². The van der Waals surface area contributed by atoms with Crippen LogP contribution in [0.4, 0.5) is 0 Å². The van der Waals surface area contributed by atoms with Crippen molar-refractivity contribution in [1.29, 1.82) is 0 Å². The van der Waals surface area contributed by atoms with Crippen LogP contribution in [0.25, 0.3) is 0 Å². The van der Waals surface area contributed by atoms with Gasteiger partial charge in [-0.05, 0) is 18.6 Å². The first kappa shape index (κ1) is 43.1. The van der Waals surface area contributed by atoms with E-state index in [9.17, 15) is 0 Å². The molecule has 0 unspecified atom stereocenters. The Morgan fingerprint density at radius 2 is 0.810 bits per heavy atom. The van der Waals surface area contributed by atoms with Gasteiger partial charge in [0.15, 0.2) is 0 Å². The first-order valence-electron chi connectivity index (χ1n) is 4.82. The second-order valence-corrected chi connectivity index (χ2v) is 2.51. The molecule has 0 amide bonds. The minimum absolute atomic E-state index is 0. The van der Waals surface area contributed by atoms with Gasteiger partial charge in [-0.3, -0.25) is 6.92 Å². The topological polar surface area (TPSA) is 0 Å². The van der Waals surface area contributed by atoms with Gasteiger partial charge in [-0.1, -0.05) is 60.7 Å². The monoisotopic (exact) mass is 576 g/mol. The Balaban J connectivity index is -0.0000000255. The van der Waals surface area contributed by atoms with E-state index in [0.717, 1.165) is 6.42 Å². The summed E-state index contributed by atoms with van der Waals surface area (Å²) in [6.45, 7) is 6.75. The van der Waals surface area contributed by atoms with Gasteiger partial charge >= 0.3 is 47.8 Å². The van der Waals surface area contributed by atoms with E-state index in [0.29, 0.717) is 0 Å². The molecule has 0 saturated carbocycles. The fraction of sp³-hybridized carbons (Fsp3) is 0.0667. The SMILES string of the molecule is [CH2+]C[CH2-].[Cl-].[Cl-].[Cl-].[Cl-].[Sn+2].[Sn+2].[c]1ccccc1.[c]1ccccc1. The summed E-state index contributed by atoms with van der Waals surface area (Å²) >= 11 is 0. The van der Waals surface area contributed by atoms with Gasteiger partial charge in [-0.15, -0.1) is 0 Å². The van der Waals surface area contributed by atoms with E-state index in [1.807, 2.05) is 60.7 Å². The predicted octanol–water partition coefficient (Wildman–Crippen LogP) is -8.73. The van der Waals surface area contributed by atoms with Crippen LogP contribution in [0.2, 0.25) is 0 Å². The average Bonchev–Trinajstić information content (AvgIpc) is 2.35. The Bertz CT molecular complexity index is 212. The van der Waals surface area contributed by atoms with E-state index in [1.54, 1.807) is 0 Å². The van der Waals surface area contributed by atoms with E-state index in [1.165, 1.54) is 0 Å². The Morgan fingerprint density at radius 3 is 0.857 bits per heavy atom. The maximum absolute atomic E-state index is 3.38. The molecule has 0 fully saturated rings. The minimum Gasteiger partial charge on any atom is -1.00 e. The molecule has 0 heterocycles. The molecular formula is C15H16Cl4Sn2. The maximum atomic E-state index is 3.38. The number of halogens is 4. The molecule has 6 radical (unpaired) electrons. The molecule has 2 aromatic carbocycles. The standard InChI is InChI=1S/2C6H5.C3H6.4ClH.2Sn/c2*1-2-4-6-5-3-1;1-3-2;;;;;;/h2*1-5H;1-3H2;4*1H;;/q;;;;;;;2*+2/p-4. The third kappa shape index (κ3) is 44.9. The van der Waals surface area contributed by atoms with Crippen LogP contribution in [0.5, 0.6) is 0 Å². The number of benzene rings is 2.